The van der Waals surface area contributed by atoms with E-state index in [9.17, 15) is 9.18 Å². The lowest BCUT2D eigenvalue weighted by Gasteiger charge is -2.14. The zero-order chi connectivity index (χ0) is 20.8. The number of nitrogens with one attached hydrogen (secondary N) is 1. The number of thioether (sulfide) groups is 1. The highest BCUT2D eigenvalue weighted by Gasteiger charge is 2.18. The molecule has 7 nitrogen and oxygen atoms in total. The molecule has 2 aromatic carbocycles. The Morgan fingerprint density at radius 2 is 1.79 bits per heavy atom. The van der Waals surface area contributed by atoms with Gasteiger partial charge in [-0.25, -0.2) is 4.39 Å². The highest BCUT2D eigenvalue weighted by atomic mass is 32.2. The first-order valence-electron chi connectivity index (χ1n) is 8.84. The Labute approximate surface area is 172 Å². The van der Waals surface area contributed by atoms with Crippen LogP contribution in [0.5, 0.6) is 11.5 Å². The summed E-state index contributed by atoms with van der Waals surface area (Å²) < 4.78 is 25.7. The number of hydrogen-bond acceptors (Lipinski definition) is 6. The smallest absolute Gasteiger partial charge is 0.234 e. The summed E-state index contributed by atoms with van der Waals surface area (Å²) in [5.74, 6) is 1.57. The van der Waals surface area contributed by atoms with Crippen LogP contribution < -0.4 is 14.8 Å². The van der Waals surface area contributed by atoms with Gasteiger partial charge in [0.05, 0.1) is 12.9 Å². The molecule has 0 radical (unpaired) electrons. The molecule has 152 valence electrons. The summed E-state index contributed by atoms with van der Waals surface area (Å²) >= 11 is 1.28. The highest BCUT2D eigenvalue weighted by molar-refractivity contribution is 7.99. The van der Waals surface area contributed by atoms with E-state index in [-0.39, 0.29) is 23.6 Å². The average Bonchev–Trinajstić information content (AvgIpc) is 3.09. The van der Waals surface area contributed by atoms with Gasteiger partial charge in [-0.2, -0.15) is 0 Å². The molecule has 1 atom stereocenters. The SMILES string of the molecule is COc1ccc(NC(=O)CSc2nnc(C(C)Oc3ccc(F)cc3)n2C)cc1. The summed E-state index contributed by atoms with van der Waals surface area (Å²) in [6, 6.07) is 12.9. The molecule has 0 bridgehead atoms. The van der Waals surface area contributed by atoms with Crippen LogP contribution in [-0.4, -0.2) is 33.5 Å². The lowest BCUT2D eigenvalue weighted by molar-refractivity contribution is -0.113. The summed E-state index contributed by atoms with van der Waals surface area (Å²) in [5, 5.41) is 11.7. The topological polar surface area (TPSA) is 78.3 Å². The van der Waals surface area contributed by atoms with E-state index in [1.807, 2.05) is 14.0 Å². The minimum Gasteiger partial charge on any atom is -0.497 e. The Morgan fingerprint density at radius 3 is 2.45 bits per heavy atom. The number of anilines is 1. The van der Waals surface area contributed by atoms with Gasteiger partial charge >= 0.3 is 0 Å². The zero-order valence-corrected chi connectivity index (χ0v) is 17.1. The molecule has 1 amide bonds. The number of amides is 1. The van der Waals surface area contributed by atoms with E-state index >= 15 is 0 Å². The van der Waals surface area contributed by atoms with Gasteiger partial charge in [0.2, 0.25) is 5.91 Å². The molecule has 29 heavy (non-hydrogen) atoms. The highest BCUT2D eigenvalue weighted by Crippen LogP contribution is 2.24. The van der Waals surface area contributed by atoms with Crippen molar-refractivity contribution in [1.29, 1.82) is 0 Å². The standard InChI is InChI=1S/C20H21FN4O3S/c1-13(28-17-8-4-14(21)5-9-17)19-23-24-20(25(19)2)29-12-18(26)22-15-6-10-16(27-3)11-7-15/h4-11,13H,12H2,1-3H3,(H,22,26). The first kappa shape index (κ1) is 20.7. The molecule has 0 aliphatic carbocycles. The molecular weight excluding hydrogens is 395 g/mol. The zero-order valence-electron chi connectivity index (χ0n) is 16.3. The van der Waals surface area contributed by atoms with E-state index in [1.165, 1.54) is 23.9 Å². The average molecular weight is 416 g/mol. The molecule has 1 N–H and O–H groups in total. The Balaban J connectivity index is 1.55. The fourth-order valence-corrected chi connectivity index (χ4v) is 3.30. The van der Waals surface area contributed by atoms with Gasteiger partial charge in [-0.1, -0.05) is 11.8 Å². The van der Waals surface area contributed by atoms with Gasteiger partial charge in [0.1, 0.15) is 17.3 Å². The second kappa shape index (κ2) is 9.42. The molecule has 1 aromatic heterocycles. The number of carbonyl (C=O) groups is 1. The molecule has 0 aliphatic rings. The summed E-state index contributed by atoms with van der Waals surface area (Å²) in [6.07, 6.45) is -0.388. The van der Waals surface area contributed by atoms with Crippen LogP contribution >= 0.6 is 11.8 Å². The first-order chi connectivity index (χ1) is 14.0. The van der Waals surface area contributed by atoms with Crippen molar-refractivity contribution in [1.82, 2.24) is 14.8 Å². The number of benzene rings is 2. The Bertz CT molecular complexity index is 961. The third-order valence-electron chi connectivity index (χ3n) is 4.06. The maximum absolute atomic E-state index is 13.0. The van der Waals surface area contributed by atoms with Gasteiger partial charge in [-0.05, 0) is 55.5 Å². The summed E-state index contributed by atoms with van der Waals surface area (Å²) in [7, 11) is 3.40. The van der Waals surface area contributed by atoms with Crippen LogP contribution in [0.25, 0.3) is 0 Å². The summed E-state index contributed by atoms with van der Waals surface area (Å²) in [6.45, 7) is 1.83. The number of carbonyl (C=O) groups excluding carboxylic acids is 1. The number of aromatic nitrogens is 3. The molecule has 1 heterocycles. The van der Waals surface area contributed by atoms with E-state index < -0.39 is 0 Å². The maximum atomic E-state index is 13.0. The van der Waals surface area contributed by atoms with Crippen molar-refractivity contribution >= 4 is 23.4 Å². The normalized spacial score (nSPS) is 11.7. The molecule has 3 aromatic rings. The number of hydrogen-bond donors (Lipinski definition) is 1. The Kier molecular flexibility index (Phi) is 6.71. The molecule has 0 aliphatic heterocycles. The van der Waals surface area contributed by atoms with Crippen molar-refractivity contribution in [3.8, 4) is 11.5 Å². The number of halogens is 1. The minimum atomic E-state index is -0.388. The van der Waals surface area contributed by atoms with E-state index in [4.69, 9.17) is 9.47 Å². The molecule has 0 spiro atoms. The summed E-state index contributed by atoms with van der Waals surface area (Å²) in [4.78, 5) is 12.2. The molecular formula is C20H21FN4O3S. The molecule has 0 saturated heterocycles. The third-order valence-corrected chi connectivity index (χ3v) is 5.09. The molecule has 0 fully saturated rings. The maximum Gasteiger partial charge on any atom is 0.234 e. The Hall–Kier alpha value is -3.07. The van der Waals surface area contributed by atoms with Gasteiger partial charge in [0.25, 0.3) is 0 Å². The third kappa shape index (κ3) is 5.47. The van der Waals surface area contributed by atoms with E-state index in [0.717, 1.165) is 5.75 Å². The predicted molar refractivity (Wildman–Crippen MR) is 109 cm³/mol. The second-order valence-corrected chi connectivity index (χ2v) is 7.12. The van der Waals surface area contributed by atoms with Gasteiger partial charge in [-0.15, -0.1) is 10.2 Å². The largest absolute Gasteiger partial charge is 0.497 e. The van der Waals surface area contributed by atoms with Crippen LogP contribution in [0.3, 0.4) is 0 Å². The van der Waals surface area contributed by atoms with Crippen molar-refractivity contribution in [3.63, 3.8) is 0 Å². The van der Waals surface area contributed by atoms with Crippen molar-refractivity contribution in [2.75, 3.05) is 18.2 Å². The van der Waals surface area contributed by atoms with Gasteiger partial charge < -0.3 is 19.4 Å². The number of rotatable bonds is 8. The number of ether oxygens (including phenoxy) is 2. The quantitative estimate of drug-likeness (QED) is 0.562. The van der Waals surface area contributed by atoms with Gasteiger partial charge in [0.15, 0.2) is 17.1 Å². The van der Waals surface area contributed by atoms with Crippen LogP contribution in [0.4, 0.5) is 10.1 Å². The number of methoxy groups -OCH3 is 1. The molecule has 3 rings (SSSR count). The fourth-order valence-electron chi connectivity index (χ4n) is 2.58. The van der Waals surface area contributed by atoms with Crippen molar-refractivity contribution in [2.45, 2.75) is 18.2 Å². The first-order valence-corrected chi connectivity index (χ1v) is 9.83. The van der Waals surface area contributed by atoms with E-state index in [1.54, 1.807) is 48.1 Å². The lowest BCUT2D eigenvalue weighted by atomic mass is 10.3. The second-order valence-electron chi connectivity index (χ2n) is 6.18. The fraction of sp³-hybridized carbons (Fsp3) is 0.250. The van der Waals surface area contributed by atoms with Gasteiger partial charge in [0, 0.05) is 12.7 Å². The number of nitrogens with zero attached hydrogens (tertiary/aromatic N) is 3. The van der Waals surface area contributed by atoms with Crippen molar-refractivity contribution < 1.29 is 18.7 Å². The van der Waals surface area contributed by atoms with Crippen molar-refractivity contribution in [2.24, 2.45) is 7.05 Å². The van der Waals surface area contributed by atoms with E-state index in [0.29, 0.717) is 22.4 Å². The van der Waals surface area contributed by atoms with Crippen LogP contribution in [-0.2, 0) is 11.8 Å². The Morgan fingerprint density at radius 1 is 1.14 bits per heavy atom. The van der Waals surface area contributed by atoms with Crippen LogP contribution in [0.15, 0.2) is 53.7 Å². The minimum absolute atomic E-state index is 0.152. The molecule has 9 heteroatoms. The van der Waals surface area contributed by atoms with Crippen molar-refractivity contribution in [3.05, 3.63) is 60.2 Å². The van der Waals surface area contributed by atoms with Crippen LogP contribution in [0, 0.1) is 5.82 Å². The predicted octanol–water partition coefficient (Wildman–Crippen LogP) is 3.83. The molecule has 1 unspecified atom stereocenters. The van der Waals surface area contributed by atoms with Gasteiger partial charge in [-0.3, -0.25) is 4.79 Å². The molecule has 0 saturated carbocycles. The van der Waals surface area contributed by atoms with Crippen LogP contribution in [0.2, 0.25) is 0 Å². The van der Waals surface area contributed by atoms with Crippen LogP contribution in [0.1, 0.15) is 18.9 Å². The lowest BCUT2D eigenvalue weighted by Crippen LogP contribution is -2.14. The van der Waals surface area contributed by atoms with E-state index in [2.05, 4.69) is 15.5 Å². The monoisotopic (exact) mass is 416 g/mol. The summed E-state index contributed by atoms with van der Waals surface area (Å²) in [5.41, 5.74) is 0.691.